The van der Waals surface area contributed by atoms with E-state index in [0.29, 0.717) is 0 Å². The van der Waals surface area contributed by atoms with Crippen LogP contribution in [0, 0.1) is 6.92 Å². The van der Waals surface area contributed by atoms with Crippen LogP contribution in [-0.4, -0.2) is 32.7 Å². The number of hydrogen-bond donors (Lipinski definition) is 0. The molecule has 6 heteroatoms. The average molecular weight is 390 g/mol. The quantitative estimate of drug-likeness (QED) is 0.497. The lowest BCUT2D eigenvalue weighted by molar-refractivity contribution is 0.909. The highest BCUT2D eigenvalue weighted by atomic mass is 32.2. The third-order valence-electron chi connectivity index (χ3n) is 5.44. The Bertz CT molecular complexity index is 1160. The van der Waals surface area contributed by atoms with Gasteiger partial charge in [0.05, 0.1) is 17.4 Å². The third-order valence-corrected chi connectivity index (χ3v) is 6.39. The highest BCUT2D eigenvalue weighted by Gasteiger charge is 2.14. The Hall–Kier alpha value is -2.60. The summed E-state index contributed by atoms with van der Waals surface area (Å²) in [5.74, 6) is 0. The molecule has 5 nitrogen and oxygen atoms in total. The van der Waals surface area contributed by atoms with Crippen molar-refractivity contribution < 1.29 is 0 Å². The van der Waals surface area contributed by atoms with Crippen LogP contribution in [0.3, 0.4) is 0 Å². The molecule has 0 bridgehead atoms. The van der Waals surface area contributed by atoms with Crippen molar-refractivity contribution in [1.82, 2.24) is 19.6 Å². The lowest BCUT2D eigenvalue weighted by atomic mass is 10.2. The topological polar surface area (TPSA) is 46.3 Å². The molecule has 0 saturated carbocycles. The number of fused-ring (bicyclic) bond motifs is 2. The summed E-state index contributed by atoms with van der Waals surface area (Å²) in [6, 6.07) is 10.9. The SMILES string of the molecule is CCc1cc(C)c2nnc(Sc3ccc4ncc(N5CCCC5)cc4c3)n2c1. The number of rotatable bonds is 4. The van der Waals surface area contributed by atoms with Crippen LogP contribution in [0.5, 0.6) is 0 Å². The summed E-state index contributed by atoms with van der Waals surface area (Å²) in [5, 5.41) is 10.9. The van der Waals surface area contributed by atoms with Gasteiger partial charge in [-0.2, -0.15) is 0 Å². The van der Waals surface area contributed by atoms with Crippen LogP contribution in [0.4, 0.5) is 5.69 Å². The Morgan fingerprint density at radius 3 is 2.75 bits per heavy atom. The summed E-state index contributed by atoms with van der Waals surface area (Å²) < 4.78 is 2.11. The van der Waals surface area contributed by atoms with Crippen LogP contribution in [-0.2, 0) is 6.42 Å². The minimum Gasteiger partial charge on any atom is -0.370 e. The predicted octanol–water partition coefficient (Wildman–Crippen LogP) is 4.90. The molecule has 1 saturated heterocycles. The Morgan fingerprint density at radius 1 is 1.07 bits per heavy atom. The normalized spacial score (nSPS) is 14.4. The molecular weight excluding hydrogens is 366 g/mol. The summed E-state index contributed by atoms with van der Waals surface area (Å²) in [6.45, 7) is 6.53. The second kappa shape index (κ2) is 7.09. The molecule has 5 rings (SSSR count). The molecule has 28 heavy (non-hydrogen) atoms. The van der Waals surface area contributed by atoms with Crippen LogP contribution >= 0.6 is 11.8 Å². The highest BCUT2D eigenvalue weighted by Crippen LogP contribution is 2.31. The first-order valence-corrected chi connectivity index (χ1v) is 10.7. The van der Waals surface area contributed by atoms with Crippen molar-refractivity contribution in [3.05, 3.63) is 53.9 Å². The van der Waals surface area contributed by atoms with Crippen molar-refractivity contribution in [2.45, 2.75) is 43.2 Å². The van der Waals surface area contributed by atoms with Gasteiger partial charge in [0.1, 0.15) is 0 Å². The minimum absolute atomic E-state index is 0.899. The maximum Gasteiger partial charge on any atom is 0.200 e. The van der Waals surface area contributed by atoms with E-state index in [2.05, 4.69) is 74.9 Å². The molecule has 4 aromatic rings. The lowest BCUT2D eigenvalue weighted by Crippen LogP contribution is -2.17. The monoisotopic (exact) mass is 389 g/mol. The molecule has 1 aliphatic heterocycles. The van der Waals surface area contributed by atoms with Crippen molar-refractivity contribution >= 4 is 34.0 Å². The molecule has 0 radical (unpaired) electrons. The molecule has 0 N–H and O–H groups in total. The van der Waals surface area contributed by atoms with Gasteiger partial charge in [0.15, 0.2) is 10.8 Å². The summed E-state index contributed by atoms with van der Waals surface area (Å²) >= 11 is 1.65. The number of nitrogens with zero attached hydrogens (tertiary/aromatic N) is 5. The van der Waals surface area contributed by atoms with Crippen LogP contribution < -0.4 is 4.90 Å². The number of hydrogen-bond acceptors (Lipinski definition) is 5. The largest absolute Gasteiger partial charge is 0.370 e. The van der Waals surface area contributed by atoms with Gasteiger partial charge in [-0.25, -0.2) is 0 Å². The van der Waals surface area contributed by atoms with Crippen molar-refractivity contribution in [3.8, 4) is 0 Å². The van der Waals surface area contributed by atoms with Gasteiger partial charge in [-0.1, -0.05) is 13.0 Å². The van der Waals surface area contributed by atoms with E-state index < -0.39 is 0 Å². The first kappa shape index (κ1) is 17.5. The van der Waals surface area contributed by atoms with E-state index in [0.717, 1.165) is 46.3 Å². The molecule has 1 aliphatic rings. The standard InChI is InChI=1S/C22H23N5S/c1-3-16-10-15(2)21-24-25-22(27(21)14-16)28-19-6-7-20-17(12-19)11-18(13-23-20)26-8-4-5-9-26/h6-7,10-14H,3-5,8-9H2,1-2H3. The van der Waals surface area contributed by atoms with Crippen molar-refractivity contribution in [1.29, 1.82) is 0 Å². The van der Waals surface area contributed by atoms with E-state index in [4.69, 9.17) is 0 Å². The Labute approximate surface area is 168 Å². The number of aryl methyl sites for hydroxylation is 2. The molecule has 1 aromatic carbocycles. The molecule has 0 atom stereocenters. The lowest BCUT2D eigenvalue weighted by Gasteiger charge is -2.17. The zero-order chi connectivity index (χ0) is 19.1. The summed E-state index contributed by atoms with van der Waals surface area (Å²) in [5.41, 5.74) is 5.64. The average Bonchev–Trinajstić information content (AvgIpc) is 3.38. The van der Waals surface area contributed by atoms with Gasteiger partial charge in [0.25, 0.3) is 0 Å². The maximum absolute atomic E-state index is 4.66. The maximum atomic E-state index is 4.66. The minimum atomic E-state index is 0.899. The predicted molar refractivity (Wildman–Crippen MR) is 114 cm³/mol. The zero-order valence-corrected chi connectivity index (χ0v) is 17.0. The number of benzene rings is 1. The highest BCUT2D eigenvalue weighted by molar-refractivity contribution is 7.99. The second-order valence-corrected chi connectivity index (χ2v) is 8.45. The van der Waals surface area contributed by atoms with Crippen LogP contribution in [0.15, 0.2) is 52.8 Å². The molecule has 142 valence electrons. The van der Waals surface area contributed by atoms with E-state index in [9.17, 15) is 0 Å². The van der Waals surface area contributed by atoms with Gasteiger partial charge in [0.2, 0.25) is 0 Å². The van der Waals surface area contributed by atoms with Crippen LogP contribution in [0.25, 0.3) is 16.6 Å². The van der Waals surface area contributed by atoms with Crippen LogP contribution in [0.1, 0.15) is 30.9 Å². The molecule has 0 unspecified atom stereocenters. The molecule has 0 amide bonds. The number of anilines is 1. The first-order valence-electron chi connectivity index (χ1n) is 9.88. The van der Waals surface area contributed by atoms with E-state index in [1.54, 1.807) is 11.8 Å². The fraction of sp³-hybridized carbons (Fsp3) is 0.318. The van der Waals surface area contributed by atoms with E-state index in [1.807, 2.05) is 6.20 Å². The molecule has 0 aliphatic carbocycles. The number of pyridine rings is 2. The Kier molecular flexibility index (Phi) is 4.43. The Balaban J connectivity index is 1.51. The zero-order valence-electron chi connectivity index (χ0n) is 16.2. The fourth-order valence-corrected chi connectivity index (χ4v) is 4.74. The van der Waals surface area contributed by atoms with Gasteiger partial charge < -0.3 is 4.90 Å². The number of aromatic nitrogens is 4. The molecule has 0 spiro atoms. The first-order chi connectivity index (χ1) is 13.7. The second-order valence-electron chi connectivity index (χ2n) is 7.41. The van der Waals surface area contributed by atoms with Crippen molar-refractivity contribution in [2.75, 3.05) is 18.0 Å². The smallest absolute Gasteiger partial charge is 0.200 e. The van der Waals surface area contributed by atoms with Gasteiger partial charge in [-0.3, -0.25) is 9.38 Å². The van der Waals surface area contributed by atoms with Crippen LogP contribution in [0.2, 0.25) is 0 Å². The molecule has 1 fully saturated rings. The van der Waals surface area contributed by atoms with E-state index in [1.165, 1.54) is 29.5 Å². The van der Waals surface area contributed by atoms with Gasteiger partial charge in [-0.05, 0) is 73.3 Å². The van der Waals surface area contributed by atoms with Crippen molar-refractivity contribution in [3.63, 3.8) is 0 Å². The van der Waals surface area contributed by atoms with E-state index in [-0.39, 0.29) is 0 Å². The molecule has 3 aromatic heterocycles. The van der Waals surface area contributed by atoms with Gasteiger partial charge in [-0.15, -0.1) is 10.2 Å². The third kappa shape index (κ3) is 3.11. The fourth-order valence-electron chi connectivity index (χ4n) is 3.89. The molecule has 4 heterocycles. The Morgan fingerprint density at radius 2 is 1.93 bits per heavy atom. The van der Waals surface area contributed by atoms with Gasteiger partial charge >= 0.3 is 0 Å². The summed E-state index contributed by atoms with van der Waals surface area (Å²) in [7, 11) is 0. The summed E-state index contributed by atoms with van der Waals surface area (Å²) in [4.78, 5) is 8.24. The summed E-state index contributed by atoms with van der Waals surface area (Å²) in [6.07, 6.45) is 7.69. The van der Waals surface area contributed by atoms with E-state index >= 15 is 0 Å². The van der Waals surface area contributed by atoms with Crippen molar-refractivity contribution in [2.24, 2.45) is 0 Å². The van der Waals surface area contributed by atoms with Gasteiger partial charge in [0, 0.05) is 29.6 Å². The molecular formula is C22H23N5S.